The summed E-state index contributed by atoms with van der Waals surface area (Å²) in [5, 5.41) is 0. The van der Waals surface area contributed by atoms with Gasteiger partial charge in [-0.2, -0.15) is 0 Å². The zero-order valence-electron chi connectivity index (χ0n) is 11.8. The number of hydrogen-bond donors (Lipinski definition) is 2. The van der Waals surface area contributed by atoms with Gasteiger partial charge in [-0.05, 0) is 25.7 Å². The van der Waals surface area contributed by atoms with E-state index in [2.05, 4.69) is 31.5 Å². The van der Waals surface area contributed by atoms with Crippen molar-refractivity contribution >= 4 is 0 Å². The Kier molecular flexibility index (Phi) is 11.8. The summed E-state index contributed by atoms with van der Waals surface area (Å²) < 4.78 is 4.42. The van der Waals surface area contributed by atoms with E-state index < -0.39 is 0 Å². The molecular formula is C14H24Br2N4. The second kappa shape index (κ2) is 12.1. The van der Waals surface area contributed by atoms with Gasteiger partial charge in [-0.1, -0.05) is 12.8 Å². The summed E-state index contributed by atoms with van der Waals surface area (Å²) in [6.07, 6.45) is 20.2. The molecule has 0 aromatic carbocycles. The molecule has 2 heterocycles. The van der Waals surface area contributed by atoms with Crippen LogP contribution in [0.1, 0.15) is 38.5 Å². The van der Waals surface area contributed by atoms with Crippen molar-refractivity contribution in [2.24, 2.45) is 0 Å². The number of nitrogens with one attached hydrogen (secondary N) is 2. The van der Waals surface area contributed by atoms with E-state index in [9.17, 15) is 0 Å². The number of unbranched alkanes of at least 4 members (excludes halogenated alkanes) is 5. The van der Waals surface area contributed by atoms with Gasteiger partial charge in [0.15, 0.2) is 0 Å². The zero-order valence-corrected chi connectivity index (χ0v) is 14.9. The van der Waals surface area contributed by atoms with Crippen molar-refractivity contribution in [3.63, 3.8) is 0 Å². The van der Waals surface area contributed by atoms with Gasteiger partial charge in [0, 0.05) is 0 Å². The van der Waals surface area contributed by atoms with E-state index >= 15 is 0 Å². The van der Waals surface area contributed by atoms with E-state index in [0.717, 1.165) is 13.1 Å². The SMILES string of the molecule is [Br-].[Br-].c1c[n+](CCCCCCCC[n+]2cc[nH]c2)c[nH]1. The second-order valence-electron chi connectivity index (χ2n) is 4.82. The van der Waals surface area contributed by atoms with E-state index in [0.29, 0.717) is 0 Å². The molecule has 2 aromatic heterocycles. The van der Waals surface area contributed by atoms with Gasteiger partial charge in [-0.3, -0.25) is 9.97 Å². The molecule has 0 radical (unpaired) electrons. The summed E-state index contributed by atoms with van der Waals surface area (Å²) in [4.78, 5) is 6.14. The van der Waals surface area contributed by atoms with Crippen LogP contribution in [0.4, 0.5) is 0 Å². The van der Waals surface area contributed by atoms with Gasteiger partial charge < -0.3 is 34.0 Å². The third-order valence-electron chi connectivity index (χ3n) is 3.29. The first kappa shape index (κ1) is 19.4. The third-order valence-corrected chi connectivity index (χ3v) is 3.29. The largest absolute Gasteiger partial charge is 1.00 e. The first-order chi connectivity index (χ1) is 8.95. The topological polar surface area (TPSA) is 39.3 Å². The minimum Gasteiger partial charge on any atom is -1.00 e. The Morgan fingerprint density at radius 2 is 1.00 bits per heavy atom. The molecule has 0 amide bonds. The highest BCUT2D eigenvalue weighted by atomic mass is 79.9. The highest BCUT2D eigenvalue weighted by molar-refractivity contribution is 4.56. The molecule has 0 unspecified atom stereocenters. The van der Waals surface area contributed by atoms with Gasteiger partial charge in [-0.15, -0.1) is 0 Å². The predicted molar refractivity (Wildman–Crippen MR) is 69.7 cm³/mol. The molecule has 6 heteroatoms. The van der Waals surface area contributed by atoms with Crippen LogP contribution in [-0.4, -0.2) is 9.97 Å². The summed E-state index contributed by atoms with van der Waals surface area (Å²) in [5.41, 5.74) is 0. The molecule has 2 rings (SSSR count). The average molecular weight is 408 g/mol. The number of halogens is 2. The standard InChI is InChI=1S/C14H22N4.2BrH/c1(3-5-9-17-11-7-15-13-17)2-4-6-10-18-12-8-16-14-18;;/h7-8,11-14H,1-6,9-10H2;2*1H. The number of aromatic nitrogens is 4. The molecule has 0 aliphatic heterocycles. The lowest BCUT2D eigenvalue weighted by Crippen LogP contribution is -3.00. The lowest BCUT2D eigenvalue weighted by atomic mass is 10.1. The number of H-pyrrole nitrogens is 2. The van der Waals surface area contributed by atoms with E-state index in [4.69, 9.17) is 0 Å². The Morgan fingerprint density at radius 3 is 1.35 bits per heavy atom. The van der Waals surface area contributed by atoms with Gasteiger partial charge in [0.2, 0.25) is 12.7 Å². The van der Waals surface area contributed by atoms with Crippen molar-refractivity contribution in [2.75, 3.05) is 0 Å². The number of aromatic amines is 2. The van der Waals surface area contributed by atoms with Crippen molar-refractivity contribution in [1.82, 2.24) is 9.97 Å². The Balaban J connectivity index is 0.00000180. The first-order valence-corrected chi connectivity index (χ1v) is 6.99. The summed E-state index contributed by atoms with van der Waals surface area (Å²) >= 11 is 0. The predicted octanol–water partition coefficient (Wildman–Crippen LogP) is -4.03. The Hall–Kier alpha value is -0.620. The highest BCUT2D eigenvalue weighted by Gasteiger charge is 1.98. The first-order valence-electron chi connectivity index (χ1n) is 6.99. The maximum absolute atomic E-state index is 3.07. The minimum atomic E-state index is 0. The molecule has 0 atom stereocenters. The fourth-order valence-corrected chi connectivity index (χ4v) is 2.22. The van der Waals surface area contributed by atoms with Gasteiger partial charge in [0.1, 0.15) is 24.8 Å². The molecule has 0 saturated carbocycles. The minimum absolute atomic E-state index is 0. The van der Waals surface area contributed by atoms with Crippen molar-refractivity contribution in [3.8, 4) is 0 Å². The van der Waals surface area contributed by atoms with Crippen molar-refractivity contribution in [2.45, 2.75) is 51.6 Å². The highest BCUT2D eigenvalue weighted by Crippen LogP contribution is 2.05. The summed E-state index contributed by atoms with van der Waals surface area (Å²) in [6, 6.07) is 0. The summed E-state index contributed by atoms with van der Waals surface area (Å²) in [6.45, 7) is 2.28. The number of imidazole rings is 2. The quantitative estimate of drug-likeness (QED) is 0.314. The molecule has 0 aliphatic carbocycles. The van der Waals surface area contributed by atoms with E-state index in [1.807, 2.05) is 25.0 Å². The summed E-state index contributed by atoms with van der Waals surface area (Å²) in [7, 11) is 0. The van der Waals surface area contributed by atoms with Crippen molar-refractivity contribution < 1.29 is 43.1 Å². The van der Waals surface area contributed by atoms with Crippen molar-refractivity contribution in [1.29, 1.82) is 0 Å². The van der Waals surface area contributed by atoms with Crippen molar-refractivity contribution in [3.05, 3.63) is 37.4 Å². The zero-order chi connectivity index (χ0) is 12.5. The fourth-order valence-electron chi connectivity index (χ4n) is 2.22. The maximum atomic E-state index is 3.07. The van der Waals surface area contributed by atoms with Crippen LogP contribution < -0.4 is 43.1 Å². The van der Waals surface area contributed by atoms with E-state index in [1.54, 1.807) is 0 Å². The Labute approximate surface area is 142 Å². The van der Waals surface area contributed by atoms with Crippen LogP contribution >= 0.6 is 0 Å². The van der Waals surface area contributed by atoms with Gasteiger partial charge in [-0.25, -0.2) is 9.13 Å². The molecule has 4 nitrogen and oxygen atoms in total. The van der Waals surface area contributed by atoms with E-state index in [1.165, 1.54) is 38.5 Å². The maximum Gasteiger partial charge on any atom is 0.241 e. The van der Waals surface area contributed by atoms with E-state index in [-0.39, 0.29) is 34.0 Å². The second-order valence-corrected chi connectivity index (χ2v) is 4.82. The fraction of sp³-hybridized carbons (Fsp3) is 0.571. The number of nitrogens with zero attached hydrogens (tertiary/aromatic N) is 2. The average Bonchev–Trinajstić information content (AvgIpc) is 3.05. The van der Waals surface area contributed by atoms with Crippen LogP contribution in [0.15, 0.2) is 37.4 Å². The molecule has 20 heavy (non-hydrogen) atoms. The number of aryl methyl sites for hydroxylation is 2. The normalized spacial score (nSPS) is 9.80. The smallest absolute Gasteiger partial charge is 0.241 e. The molecule has 2 N–H and O–H groups in total. The van der Waals surface area contributed by atoms with Gasteiger partial charge in [0.05, 0.1) is 13.1 Å². The molecule has 2 aromatic rings. The Bertz CT molecular complexity index is 360. The van der Waals surface area contributed by atoms with Crippen LogP contribution in [0, 0.1) is 0 Å². The molecule has 114 valence electrons. The lowest BCUT2D eigenvalue weighted by Gasteiger charge is -2.00. The molecule has 0 saturated heterocycles. The molecular weight excluding hydrogens is 384 g/mol. The van der Waals surface area contributed by atoms with Crippen LogP contribution in [-0.2, 0) is 13.1 Å². The van der Waals surface area contributed by atoms with Crippen LogP contribution in [0.5, 0.6) is 0 Å². The molecule has 0 spiro atoms. The van der Waals surface area contributed by atoms with Crippen LogP contribution in [0.2, 0.25) is 0 Å². The molecule has 0 aliphatic rings. The summed E-state index contributed by atoms with van der Waals surface area (Å²) in [5.74, 6) is 0. The third kappa shape index (κ3) is 7.85. The monoisotopic (exact) mass is 406 g/mol. The van der Waals surface area contributed by atoms with Crippen LogP contribution in [0.25, 0.3) is 0 Å². The van der Waals surface area contributed by atoms with Gasteiger partial charge >= 0.3 is 0 Å². The van der Waals surface area contributed by atoms with Crippen LogP contribution in [0.3, 0.4) is 0 Å². The molecule has 0 bridgehead atoms. The molecule has 0 fully saturated rings. The number of hydrogen-bond acceptors (Lipinski definition) is 0. The Morgan fingerprint density at radius 1 is 0.600 bits per heavy atom. The lowest BCUT2D eigenvalue weighted by molar-refractivity contribution is -0.696. The number of rotatable bonds is 9. The van der Waals surface area contributed by atoms with Gasteiger partial charge in [0.25, 0.3) is 0 Å².